The number of halogens is 1. The highest BCUT2D eigenvalue weighted by Crippen LogP contribution is 2.23. The van der Waals surface area contributed by atoms with Gasteiger partial charge in [-0.3, -0.25) is 0 Å². The number of hydrogen-bond donors (Lipinski definition) is 3. The number of nitrogen functional groups attached to an aromatic ring is 1. The Bertz CT molecular complexity index is 867. The van der Waals surface area contributed by atoms with Gasteiger partial charge in [0.1, 0.15) is 0 Å². The van der Waals surface area contributed by atoms with E-state index in [-0.39, 0.29) is 11.5 Å². The van der Waals surface area contributed by atoms with Gasteiger partial charge in [-0.05, 0) is 35.4 Å². The number of benzene rings is 2. The Hall–Kier alpha value is -2.25. The fourth-order valence-corrected chi connectivity index (χ4v) is 5.24. The first kappa shape index (κ1) is 17.6. The third-order valence-electron chi connectivity index (χ3n) is 3.99. The smallest absolute Gasteiger partial charge is 0.319 e. The normalized spacial score (nSPS) is 21.6. The Labute approximate surface area is 151 Å². The maximum Gasteiger partial charge on any atom is 0.319 e. The highest BCUT2D eigenvalue weighted by atomic mass is 35.5. The molecule has 6 nitrogen and oxygen atoms in total. The molecule has 2 amide bonds. The predicted octanol–water partition coefficient (Wildman–Crippen LogP) is 2.46. The molecule has 8 heteroatoms. The van der Waals surface area contributed by atoms with Crippen LogP contribution >= 0.6 is 11.6 Å². The summed E-state index contributed by atoms with van der Waals surface area (Å²) in [4.78, 5) is 12.0. The van der Waals surface area contributed by atoms with Crippen LogP contribution in [0.15, 0.2) is 48.5 Å². The van der Waals surface area contributed by atoms with E-state index >= 15 is 0 Å². The number of hydrogen-bond acceptors (Lipinski definition) is 4. The number of carbonyl (C=O) groups excluding carboxylic acids is 1. The van der Waals surface area contributed by atoms with Crippen molar-refractivity contribution in [2.75, 3.05) is 22.6 Å². The Kier molecular flexibility index (Phi) is 4.87. The molecule has 2 atom stereocenters. The third kappa shape index (κ3) is 4.43. The van der Waals surface area contributed by atoms with Gasteiger partial charge >= 0.3 is 6.03 Å². The van der Waals surface area contributed by atoms with E-state index in [9.17, 15) is 13.2 Å². The molecule has 0 aliphatic carbocycles. The first-order valence-corrected chi connectivity index (χ1v) is 9.96. The van der Waals surface area contributed by atoms with E-state index in [2.05, 4.69) is 10.6 Å². The van der Waals surface area contributed by atoms with Crippen molar-refractivity contribution in [2.45, 2.75) is 11.4 Å². The SMILES string of the molecule is Nc1ccc(-c2ccc(NC(=O)N[C@@H]3CS(=O)(=O)C[C@@H]3Cl)cc2)cc1. The maximum absolute atomic E-state index is 12.0. The lowest BCUT2D eigenvalue weighted by molar-refractivity contribution is 0.249. The molecule has 1 aliphatic rings. The van der Waals surface area contributed by atoms with Crippen molar-refractivity contribution >= 4 is 38.8 Å². The lowest BCUT2D eigenvalue weighted by Gasteiger charge is -2.15. The summed E-state index contributed by atoms with van der Waals surface area (Å²) in [6, 6.07) is 13.7. The average molecular weight is 380 g/mol. The van der Waals surface area contributed by atoms with E-state index < -0.39 is 27.3 Å². The van der Waals surface area contributed by atoms with Gasteiger partial charge in [0.2, 0.25) is 0 Å². The van der Waals surface area contributed by atoms with Gasteiger partial charge in [-0.25, -0.2) is 13.2 Å². The first-order valence-electron chi connectivity index (χ1n) is 7.70. The van der Waals surface area contributed by atoms with E-state index in [0.29, 0.717) is 11.4 Å². The van der Waals surface area contributed by atoms with Gasteiger partial charge in [0.25, 0.3) is 0 Å². The van der Waals surface area contributed by atoms with Crippen molar-refractivity contribution in [3.8, 4) is 11.1 Å². The van der Waals surface area contributed by atoms with E-state index in [4.69, 9.17) is 17.3 Å². The molecule has 1 aliphatic heterocycles. The molecule has 1 heterocycles. The molecule has 3 rings (SSSR count). The van der Waals surface area contributed by atoms with E-state index in [1.807, 2.05) is 36.4 Å². The number of amides is 2. The molecular weight excluding hydrogens is 362 g/mol. The van der Waals surface area contributed by atoms with Crippen LogP contribution in [-0.2, 0) is 9.84 Å². The lowest BCUT2D eigenvalue weighted by Crippen LogP contribution is -2.42. The summed E-state index contributed by atoms with van der Waals surface area (Å²) in [6.07, 6.45) is 0. The highest BCUT2D eigenvalue weighted by Gasteiger charge is 2.37. The standard InChI is InChI=1S/C17H18ClN3O3S/c18-15-9-25(23,24)10-16(15)21-17(22)20-14-7-3-12(4-8-14)11-1-5-13(19)6-2-11/h1-8,15-16H,9-10,19H2,(H2,20,21,22)/t15-,16+/m0/s1. The van der Waals surface area contributed by atoms with Crippen LogP contribution in [0.2, 0.25) is 0 Å². The zero-order valence-corrected chi connectivity index (χ0v) is 14.8. The minimum atomic E-state index is -3.19. The van der Waals surface area contributed by atoms with Gasteiger partial charge in [0.15, 0.2) is 9.84 Å². The van der Waals surface area contributed by atoms with Crippen molar-refractivity contribution in [3.05, 3.63) is 48.5 Å². The van der Waals surface area contributed by atoms with E-state index in [0.717, 1.165) is 11.1 Å². The molecule has 0 bridgehead atoms. The van der Waals surface area contributed by atoms with Crippen LogP contribution < -0.4 is 16.4 Å². The topological polar surface area (TPSA) is 101 Å². The number of urea groups is 1. The summed E-state index contributed by atoms with van der Waals surface area (Å²) in [5, 5.41) is 4.68. The number of sulfone groups is 1. The second kappa shape index (κ2) is 6.93. The Morgan fingerprint density at radius 2 is 1.56 bits per heavy atom. The highest BCUT2D eigenvalue weighted by molar-refractivity contribution is 7.91. The predicted molar refractivity (Wildman–Crippen MR) is 101 cm³/mol. The summed E-state index contributed by atoms with van der Waals surface area (Å²) >= 11 is 5.98. The van der Waals surface area contributed by atoms with Crippen LogP contribution in [0.1, 0.15) is 0 Å². The van der Waals surface area contributed by atoms with Crippen LogP contribution in [0.3, 0.4) is 0 Å². The number of nitrogens with one attached hydrogen (secondary N) is 2. The molecular formula is C17H18ClN3O3S. The molecule has 0 radical (unpaired) electrons. The molecule has 1 fully saturated rings. The zero-order chi connectivity index (χ0) is 18.0. The lowest BCUT2D eigenvalue weighted by atomic mass is 10.1. The third-order valence-corrected chi connectivity index (χ3v) is 6.36. The second-order valence-corrected chi connectivity index (χ2v) is 8.71. The molecule has 1 saturated heterocycles. The zero-order valence-electron chi connectivity index (χ0n) is 13.3. The van der Waals surface area contributed by atoms with Crippen LogP contribution in [0.25, 0.3) is 11.1 Å². The first-order chi connectivity index (χ1) is 11.8. The van der Waals surface area contributed by atoms with Gasteiger partial charge in [-0.1, -0.05) is 24.3 Å². The summed E-state index contributed by atoms with van der Waals surface area (Å²) in [5.74, 6) is -0.250. The minimum absolute atomic E-state index is 0.115. The van der Waals surface area contributed by atoms with E-state index in [1.165, 1.54) is 0 Å². The number of carbonyl (C=O) groups is 1. The number of rotatable bonds is 3. The Balaban J connectivity index is 1.61. The number of anilines is 2. The summed E-state index contributed by atoms with van der Waals surface area (Å²) in [7, 11) is -3.19. The minimum Gasteiger partial charge on any atom is -0.399 e. The fourth-order valence-electron chi connectivity index (χ4n) is 2.69. The summed E-state index contributed by atoms with van der Waals surface area (Å²) in [5.41, 5.74) is 8.99. The van der Waals surface area contributed by atoms with E-state index in [1.54, 1.807) is 12.1 Å². The number of alkyl halides is 1. The molecule has 2 aromatic carbocycles. The van der Waals surface area contributed by atoms with Crippen molar-refractivity contribution < 1.29 is 13.2 Å². The summed E-state index contributed by atoms with van der Waals surface area (Å²) < 4.78 is 23.0. The van der Waals surface area contributed by atoms with Gasteiger partial charge in [-0.15, -0.1) is 11.6 Å². The van der Waals surface area contributed by atoms with Gasteiger partial charge in [0, 0.05) is 11.4 Å². The van der Waals surface area contributed by atoms with Crippen molar-refractivity contribution in [3.63, 3.8) is 0 Å². The van der Waals surface area contributed by atoms with Crippen LogP contribution in [0.4, 0.5) is 16.2 Å². The molecule has 2 aromatic rings. The van der Waals surface area contributed by atoms with Crippen LogP contribution in [-0.4, -0.2) is 37.4 Å². The van der Waals surface area contributed by atoms with Crippen LogP contribution in [0.5, 0.6) is 0 Å². The van der Waals surface area contributed by atoms with Crippen molar-refractivity contribution in [2.24, 2.45) is 0 Å². The molecule has 132 valence electrons. The molecule has 0 aromatic heterocycles. The monoisotopic (exact) mass is 379 g/mol. The summed E-state index contributed by atoms with van der Waals surface area (Å²) in [6.45, 7) is 0. The molecule has 0 spiro atoms. The molecule has 0 saturated carbocycles. The average Bonchev–Trinajstić information content (AvgIpc) is 2.80. The molecule has 0 unspecified atom stereocenters. The van der Waals surface area contributed by atoms with Crippen molar-refractivity contribution in [1.29, 1.82) is 0 Å². The maximum atomic E-state index is 12.0. The van der Waals surface area contributed by atoms with Crippen molar-refractivity contribution in [1.82, 2.24) is 5.32 Å². The van der Waals surface area contributed by atoms with Gasteiger partial charge < -0.3 is 16.4 Å². The molecule has 25 heavy (non-hydrogen) atoms. The Morgan fingerprint density at radius 3 is 2.08 bits per heavy atom. The van der Waals surface area contributed by atoms with Gasteiger partial charge in [-0.2, -0.15) is 0 Å². The number of nitrogens with two attached hydrogens (primary N) is 1. The fraction of sp³-hybridized carbons (Fsp3) is 0.235. The van der Waals surface area contributed by atoms with Gasteiger partial charge in [0.05, 0.1) is 22.9 Å². The Morgan fingerprint density at radius 1 is 1.00 bits per heavy atom. The molecule has 4 N–H and O–H groups in total. The largest absolute Gasteiger partial charge is 0.399 e. The van der Waals surface area contributed by atoms with Crippen LogP contribution in [0, 0.1) is 0 Å². The quantitative estimate of drug-likeness (QED) is 0.563. The second-order valence-electron chi connectivity index (χ2n) is 6.00.